The Bertz CT molecular complexity index is 490. The van der Waals surface area contributed by atoms with Gasteiger partial charge in [0.05, 0.1) is 5.69 Å². The number of alkyl carbamates (subject to hydrolysis) is 1. The summed E-state index contributed by atoms with van der Waals surface area (Å²) >= 11 is 0. The highest BCUT2D eigenvalue weighted by atomic mass is 16.6. The first kappa shape index (κ1) is 15.9. The van der Waals surface area contributed by atoms with Crippen LogP contribution in [0, 0.1) is 0 Å². The van der Waals surface area contributed by atoms with Crippen LogP contribution in [0.5, 0.6) is 5.75 Å². The van der Waals surface area contributed by atoms with E-state index in [1.807, 2.05) is 32.9 Å². The lowest BCUT2D eigenvalue weighted by Crippen LogP contribution is -2.32. The molecule has 4 N–H and O–H groups in total. The van der Waals surface area contributed by atoms with E-state index in [2.05, 4.69) is 5.32 Å². The average molecular weight is 278 g/mol. The molecule has 0 aromatic heterocycles. The maximum absolute atomic E-state index is 11.4. The maximum Gasteiger partial charge on any atom is 0.407 e. The number of phenolic OH excluding ortho intramolecular Hbond substituents is 1. The van der Waals surface area contributed by atoms with E-state index < -0.39 is 11.7 Å². The maximum atomic E-state index is 11.4. The molecule has 20 heavy (non-hydrogen) atoms. The zero-order valence-electron chi connectivity index (χ0n) is 12.1. The van der Waals surface area contributed by atoms with Crippen LogP contribution < -0.4 is 11.1 Å². The van der Waals surface area contributed by atoms with Gasteiger partial charge in [-0.15, -0.1) is 0 Å². The third kappa shape index (κ3) is 6.13. The summed E-state index contributed by atoms with van der Waals surface area (Å²) in [5.41, 5.74) is 6.36. The fourth-order valence-electron chi connectivity index (χ4n) is 1.47. The second kappa shape index (κ2) is 6.84. The van der Waals surface area contributed by atoms with Gasteiger partial charge in [-0.2, -0.15) is 0 Å². The molecule has 5 heteroatoms. The number of hydrogen-bond acceptors (Lipinski definition) is 4. The van der Waals surface area contributed by atoms with Crippen LogP contribution in [0.25, 0.3) is 6.08 Å². The number of rotatable bonds is 4. The Morgan fingerprint density at radius 1 is 1.45 bits per heavy atom. The molecule has 1 aromatic rings. The van der Waals surface area contributed by atoms with Crippen molar-refractivity contribution in [2.24, 2.45) is 0 Å². The molecule has 0 bridgehead atoms. The van der Waals surface area contributed by atoms with Crippen LogP contribution in [0.3, 0.4) is 0 Å². The minimum Gasteiger partial charge on any atom is -0.506 e. The third-order valence-electron chi connectivity index (χ3n) is 2.34. The molecule has 0 heterocycles. The van der Waals surface area contributed by atoms with Crippen LogP contribution >= 0.6 is 0 Å². The lowest BCUT2D eigenvalue weighted by molar-refractivity contribution is 0.0529. The predicted octanol–water partition coefficient (Wildman–Crippen LogP) is 2.90. The summed E-state index contributed by atoms with van der Waals surface area (Å²) in [5, 5.41) is 12.0. The second-order valence-electron chi connectivity index (χ2n) is 5.44. The molecular weight excluding hydrogens is 256 g/mol. The lowest BCUT2D eigenvalue weighted by Gasteiger charge is -2.19. The van der Waals surface area contributed by atoms with E-state index in [-0.39, 0.29) is 5.75 Å². The number of ether oxygens (including phenoxy) is 1. The molecule has 0 fully saturated rings. The fraction of sp³-hybridized carbons (Fsp3) is 0.400. The summed E-state index contributed by atoms with van der Waals surface area (Å²) in [6.07, 6.45) is 4.07. The molecule has 0 saturated carbocycles. The molecule has 0 unspecified atom stereocenters. The van der Waals surface area contributed by atoms with Crippen molar-refractivity contribution in [2.45, 2.75) is 32.8 Å². The smallest absolute Gasteiger partial charge is 0.407 e. The highest BCUT2D eigenvalue weighted by Crippen LogP contribution is 2.21. The Morgan fingerprint density at radius 2 is 2.15 bits per heavy atom. The SMILES string of the molecule is CC(C)(C)OC(=O)NCCC=Cc1ccc(O)c(N)c1. The molecule has 110 valence electrons. The van der Waals surface area contributed by atoms with Gasteiger partial charge < -0.3 is 20.9 Å². The van der Waals surface area contributed by atoms with Gasteiger partial charge in [0, 0.05) is 6.54 Å². The van der Waals surface area contributed by atoms with Crippen molar-refractivity contribution in [2.75, 3.05) is 12.3 Å². The number of nitrogens with one attached hydrogen (secondary N) is 1. The first-order valence-corrected chi connectivity index (χ1v) is 6.50. The number of carbonyl (C=O) groups is 1. The molecule has 0 aliphatic heterocycles. The van der Waals surface area contributed by atoms with Crippen molar-refractivity contribution in [3.8, 4) is 5.75 Å². The quantitative estimate of drug-likeness (QED) is 0.449. The number of nitrogen functional groups attached to an aromatic ring is 1. The first-order valence-electron chi connectivity index (χ1n) is 6.50. The Kier molecular flexibility index (Phi) is 5.43. The van der Waals surface area contributed by atoms with Crippen molar-refractivity contribution in [1.82, 2.24) is 5.32 Å². The minimum atomic E-state index is -0.483. The first-order chi connectivity index (χ1) is 9.28. The van der Waals surface area contributed by atoms with Crippen LogP contribution in [0.15, 0.2) is 24.3 Å². The summed E-state index contributed by atoms with van der Waals surface area (Å²) in [5.74, 6) is 0.0775. The van der Waals surface area contributed by atoms with E-state index in [0.29, 0.717) is 18.7 Å². The van der Waals surface area contributed by atoms with E-state index in [1.54, 1.807) is 18.2 Å². The summed E-state index contributed by atoms with van der Waals surface area (Å²) in [6, 6.07) is 5.00. The van der Waals surface area contributed by atoms with E-state index in [0.717, 1.165) is 5.56 Å². The minimum absolute atomic E-state index is 0.0775. The zero-order valence-corrected chi connectivity index (χ0v) is 12.1. The van der Waals surface area contributed by atoms with Crippen LogP contribution in [0.4, 0.5) is 10.5 Å². The number of hydrogen-bond donors (Lipinski definition) is 3. The Morgan fingerprint density at radius 3 is 2.75 bits per heavy atom. The number of benzene rings is 1. The summed E-state index contributed by atoms with van der Waals surface area (Å²) in [6.45, 7) is 5.96. The van der Waals surface area contributed by atoms with E-state index >= 15 is 0 Å². The van der Waals surface area contributed by atoms with E-state index in [9.17, 15) is 9.90 Å². The van der Waals surface area contributed by atoms with Gasteiger partial charge in [-0.3, -0.25) is 0 Å². The standard InChI is InChI=1S/C15H22N2O3/c1-15(2,3)20-14(19)17-9-5-4-6-11-7-8-13(18)12(16)10-11/h4,6-8,10,18H,5,9,16H2,1-3H3,(H,17,19). The number of anilines is 1. The van der Waals surface area contributed by atoms with E-state index in [1.165, 1.54) is 0 Å². The zero-order chi connectivity index (χ0) is 15.2. The molecule has 0 radical (unpaired) electrons. The molecule has 0 saturated heterocycles. The third-order valence-corrected chi connectivity index (χ3v) is 2.34. The van der Waals surface area contributed by atoms with Crippen molar-refractivity contribution in [1.29, 1.82) is 0 Å². The number of nitrogens with two attached hydrogens (primary N) is 1. The largest absolute Gasteiger partial charge is 0.506 e. The summed E-state index contributed by atoms with van der Waals surface area (Å²) in [7, 11) is 0. The summed E-state index contributed by atoms with van der Waals surface area (Å²) in [4.78, 5) is 11.4. The van der Waals surface area contributed by atoms with Crippen molar-refractivity contribution >= 4 is 17.9 Å². The molecule has 1 aromatic carbocycles. The van der Waals surface area contributed by atoms with E-state index in [4.69, 9.17) is 10.5 Å². The molecular formula is C15H22N2O3. The normalized spacial score (nSPS) is 11.6. The molecule has 0 spiro atoms. The van der Waals surface area contributed by atoms with Gasteiger partial charge in [0.1, 0.15) is 11.4 Å². The Hall–Kier alpha value is -2.17. The topological polar surface area (TPSA) is 84.6 Å². The van der Waals surface area contributed by atoms with Gasteiger partial charge in [0.15, 0.2) is 0 Å². The van der Waals surface area contributed by atoms with Gasteiger partial charge in [-0.25, -0.2) is 4.79 Å². The molecule has 0 aliphatic rings. The van der Waals surface area contributed by atoms with Crippen molar-refractivity contribution in [3.63, 3.8) is 0 Å². The number of aromatic hydroxyl groups is 1. The van der Waals surface area contributed by atoms with Crippen LogP contribution in [-0.4, -0.2) is 23.3 Å². The van der Waals surface area contributed by atoms with Crippen LogP contribution in [-0.2, 0) is 4.74 Å². The second-order valence-corrected chi connectivity index (χ2v) is 5.44. The van der Waals surface area contributed by atoms with Gasteiger partial charge in [0.2, 0.25) is 0 Å². The highest BCUT2D eigenvalue weighted by molar-refractivity contribution is 5.67. The molecule has 5 nitrogen and oxygen atoms in total. The fourth-order valence-corrected chi connectivity index (χ4v) is 1.47. The monoisotopic (exact) mass is 278 g/mol. The number of carbonyl (C=O) groups excluding carboxylic acids is 1. The number of amides is 1. The van der Waals surface area contributed by atoms with Crippen LogP contribution in [0.1, 0.15) is 32.8 Å². The van der Waals surface area contributed by atoms with Crippen LogP contribution in [0.2, 0.25) is 0 Å². The highest BCUT2D eigenvalue weighted by Gasteiger charge is 2.15. The molecule has 1 amide bonds. The average Bonchev–Trinajstić information content (AvgIpc) is 2.31. The number of phenols is 1. The predicted molar refractivity (Wildman–Crippen MR) is 80.4 cm³/mol. The molecule has 0 atom stereocenters. The van der Waals surface area contributed by atoms with Crippen molar-refractivity contribution in [3.05, 3.63) is 29.8 Å². The van der Waals surface area contributed by atoms with Gasteiger partial charge in [-0.05, 0) is 44.9 Å². The van der Waals surface area contributed by atoms with Gasteiger partial charge in [-0.1, -0.05) is 18.2 Å². The molecule has 1 rings (SSSR count). The van der Waals surface area contributed by atoms with Gasteiger partial charge >= 0.3 is 6.09 Å². The lowest BCUT2D eigenvalue weighted by atomic mass is 10.1. The Labute approximate surface area is 119 Å². The van der Waals surface area contributed by atoms with Gasteiger partial charge in [0.25, 0.3) is 0 Å². The Balaban J connectivity index is 2.32. The van der Waals surface area contributed by atoms with Crippen molar-refractivity contribution < 1.29 is 14.6 Å². The summed E-state index contributed by atoms with van der Waals surface area (Å²) < 4.78 is 5.11. The molecule has 0 aliphatic carbocycles.